The molecule has 2 aromatic rings. The number of aliphatic hydroxyl groups excluding tert-OH is 1. The predicted molar refractivity (Wildman–Crippen MR) is 70.4 cm³/mol. The molecule has 0 saturated heterocycles. The summed E-state index contributed by atoms with van der Waals surface area (Å²) in [6.07, 6.45) is 1.12. The highest BCUT2D eigenvalue weighted by Gasteiger charge is 2.20. The fourth-order valence-corrected chi connectivity index (χ4v) is 2.48. The third-order valence-electron chi connectivity index (χ3n) is 3.59. The lowest BCUT2D eigenvalue weighted by Crippen LogP contribution is -2.01. The second kappa shape index (κ2) is 5.21. The zero-order valence-electron chi connectivity index (χ0n) is 10.8. The topological polar surface area (TPSA) is 29.5 Å². The Balaban J connectivity index is 1.74. The Bertz CT molecular complexity index is 640. The Hall–Kier alpha value is -1.94. The van der Waals surface area contributed by atoms with Crippen molar-refractivity contribution in [2.45, 2.75) is 25.6 Å². The van der Waals surface area contributed by atoms with Crippen LogP contribution in [-0.2, 0) is 13.0 Å². The molecule has 0 radical (unpaired) electrons. The van der Waals surface area contributed by atoms with E-state index in [1.54, 1.807) is 6.07 Å². The Morgan fingerprint density at radius 2 is 2.05 bits per heavy atom. The second-order valence-electron chi connectivity index (χ2n) is 4.92. The average Bonchev–Trinajstić information content (AvgIpc) is 2.82. The molecule has 0 heterocycles. The molecule has 0 amide bonds. The summed E-state index contributed by atoms with van der Waals surface area (Å²) < 4.78 is 32.1. The third kappa shape index (κ3) is 2.39. The Kier molecular flexibility index (Phi) is 3.40. The van der Waals surface area contributed by atoms with Gasteiger partial charge in [0.15, 0.2) is 11.6 Å². The van der Waals surface area contributed by atoms with E-state index in [9.17, 15) is 13.9 Å². The smallest absolute Gasteiger partial charge is 0.165 e. The number of halogens is 2. The van der Waals surface area contributed by atoms with Crippen LogP contribution in [0.1, 0.15) is 29.2 Å². The van der Waals surface area contributed by atoms with Crippen LogP contribution in [-0.4, -0.2) is 5.11 Å². The molecule has 1 aliphatic rings. The zero-order valence-corrected chi connectivity index (χ0v) is 10.8. The van der Waals surface area contributed by atoms with E-state index in [1.165, 1.54) is 12.1 Å². The van der Waals surface area contributed by atoms with Crippen LogP contribution in [0.4, 0.5) is 8.78 Å². The molecule has 4 heteroatoms. The minimum absolute atomic E-state index is 0.0229. The Morgan fingerprint density at radius 3 is 2.90 bits per heavy atom. The van der Waals surface area contributed by atoms with Gasteiger partial charge < -0.3 is 9.84 Å². The van der Waals surface area contributed by atoms with Gasteiger partial charge in [-0.3, -0.25) is 0 Å². The van der Waals surface area contributed by atoms with Crippen LogP contribution >= 0.6 is 0 Å². The second-order valence-corrected chi connectivity index (χ2v) is 4.92. The lowest BCUT2D eigenvalue weighted by Gasteiger charge is -2.10. The molecule has 2 aromatic carbocycles. The van der Waals surface area contributed by atoms with Crippen molar-refractivity contribution in [3.05, 3.63) is 64.7 Å². The lowest BCUT2D eigenvalue weighted by atomic mass is 10.1. The molecule has 104 valence electrons. The molecule has 1 N–H and O–H groups in total. The molecule has 0 aliphatic heterocycles. The molecule has 0 bridgehead atoms. The van der Waals surface area contributed by atoms with Crippen LogP contribution in [0.15, 0.2) is 36.4 Å². The molecule has 20 heavy (non-hydrogen) atoms. The summed E-state index contributed by atoms with van der Waals surface area (Å²) in [6.45, 7) is -0.0229. The SMILES string of the molecule is O[C@@H]1CCc2cc(OCc3cccc(F)c3F)ccc21. The predicted octanol–water partition coefficient (Wildman–Crippen LogP) is 3.52. The number of hydrogen-bond donors (Lipinski definition) is 1. The van der Waals surface area contributed by atoms with E-state index in [4.69, 9.17) is 4.74 Å². The van der Waals surface area contributed by atoms with Gasteiger partial charge in [0.2, 0.25) is 0 Å². The average molecular weight is 276 g/mol. The van der Waals surface area contributed by atoms with Crippen molar-refractivity contribution in [1.82, 2.24) is 0 Å². The molecule has 0 unspecified atom stereocenters. The fourth-order valence-electron chi connectivity index (χ4n) is 2.48. The van der Waals surface area contributed by atoms with Gasteiger partial charge >= 0.3 is 0 Å². The molecule has 0 aromatic heterocycles. The van der Waals surface area contributed by atoms with Gasteiger partial charge in [0.05, 0.1) is 6.10 Å². The van der Waals surface area contributed by atoms with E-state index in [0.29, 0.717) is 5.75 Å². The first-order valence-electron chi connectivity index (χ1n) is 6.52. The molecule has 1 aliphatic carbocycles. The van der Waals surface area contributed by atoms with Crippen LogP contribution in [0.2, 0.25) is 0 Å². The molecule has 1 atom stereocenters. The van der Waals surface area contributed by atoms with Crippen LogP contribution in [0.3, 0.4) is 0 Å². The van der Waals surface area contributed by atoms with Crippen molar-refractivity contribution < 1.29 is 18.6 Å². The number of hydrogen-bond acceptors (Lipinski definition) is 2. The van der Waals surface area contributed by atoms with Gasteiger partial charge in [-0.2, -0.15) is 0 Å². The zero-order chi connectivity index (χ0) is 14.1. The summed E-state index contributed by atoms with van der Waals surface area (Å²) in [5, 5.41) is 9.71. The lowest BCUT2D eigenvalue weighted by molar-refractivity contribution is 0.180. The summed E-state index contributed by atoms with van der Waals surface area (Å²) in [5.74, 6) is -1.14. The van der Waals surface area contributed by atoms with Crippen molar-refractivity contribution in [1.29, 1.82) is 0 Å². The maximum atomic E-state index is 13.5. The maximum absolute atomic E-state index is 13.5. The van der Waals surface area contributed by atoms with Crippen LogP contribution in [0.25, 0.3) is 0 Å². The van der Waals surface area contributed by atoms with E-state index in [2.05, 4.69) is 0 Å². The summed E-state index contributed by atoms with van der Waals surface area (Å²) in [5.41, 5.74) is 2.16. The van der Waals surface area contributed by atoms with E-state index >= 15 is 0 Å². The Morgan fingerprint density at radius 1 is 1.20 bits per heavy atom. The van der Waals surface area contributed by atoms with Crippen molar-refractivity contribution >= 4 is 0 Å². The van der Waals surface area contributed by atoms with Gasteiger partial charge in [0.25, 0.3) is 0 Å². The summed E-state index contributed by atoms with van der Waals surface area (Å²) in [4.78, 5) is 0. The first-order valence-corrected chi connectivity index (χ1v) is 6.52. The molecule has 0 saturated carbocycles. The van der Waals surface area contributed by atoms with Gasteiger partial charge in [0.1, 0.15) is 12.4 Å². The highest BCUT2D eigenvalue weighted by molar-refractivity contribution is 5.40. The summed E-state index contributed by atoms with van der Waals surface area (Å²) in [7, 11) is 0. The largest absolute Gasteiger partial charge is 0.489 e. The minimum Gasteiger partial charge on any atom is -0.489 e. The van der Waals surface area contributed by atoms with Gasteiger partial charge in [-0.1, -0.05) is 18.2 Å². The van der Waals surface area contributed by atoms with Crippen molar-refractivity contribution in [3.63, 3.8) is 0 Å². The van der Waals surface area contributed by atoms with E-state index < -0.39 is 17.7 Å². The van der Waals surface area contributed by atoms with Gasteiger partial charge in [-0.15, -0.1) is 0 Å². The highest BCUT2D eigenvalue weighted by atomic mass is 19.2. The molecule has 0 fully saturated rings. The summed E-state index contributed by atoms with van der Waals surface area (Å²) >= 11 is 0. The first-order chi connectivity index (χ1) is 9.65. The quantitative estimate of drug-likeness (QED) is 0.929. The molecular weight excluding hydrogens is 262 g/mol. The van der Waals surface area contributed by atoms with Crippen molar-refractivity contribution in [3.8, 4) is 5.75 Å². The van der Waals surface area contributed by atoms with Crippen LogP contribution in [0, 0.1) is 11.6 Å². The fraction of sp³-hybridized carbons (Fsp3) is 0.250. The highest BCUT2D eigenvalue weighted by Crippen LogP contribution is 2.33. The van der Waals surface area contributed by atoms with Gasteiger partial charge in [-0.25, -0.2) is 8.78 Å². The molecular formula is C16H14F2O2. The number of fused-ring (bicyclic) bond motifs is 1. The molecule has 3 rings (SSSR count). The molecule has 2 nitrogen and oxygen atoms in total. The number of rotatable bonds is 3. The van der Waals surface area contributed by atoms with Crippen molar-refractivity contribution in [2.24, 2.45) is 0 Å². The van der Waals surface area contributed by atoms with Crippen molar-refractivity contribution in [2.75, 3.05) is 0 Å². The van der Waals surface area contributed by atoms with E-state index in [0.717, 1.165) is 30.0 Å². The number of ether oxygens (including phenoxy) is 1. The van der Waals surface area contributed by atoms with Crippen LogP contribution in [0.5, 0.6) is 5.75 Å². The number of benzene rings is 2. The maximum Gasteiger partial charge on any atom is 0.165 e. The Labute approximate surface area is 115 Å². The minimum atomic E-state index is -0.872. The third-order valence-corrected chi connectivity index (χ3v) is 3.59. The normalized spacial score (nSPS) is 17.1. The number of aliphatic hydroxyl groups is 1. The van der Waals surface area contributed by atoms with E-state index in [-0.39, 0.29) is 12.2 Å². The number of aryl methyl sites for hydroxylation is 1. The molecule has 0 spiro atoms. The van der Waals surface area contributed by atoms with Gasteiger partial charge in [0, 0.05) is 5.56 Å². The van der Waals surface area contributed by atoms with Crippen LogP contribution < -0.4 is 4.74 Å². The summed E-state index contributed by atoms with van der Waals surface area (Å²) in [6, 6.07) is 9.44. The standard InChI is InChI=1S/C16H14F2O2/c17-14-3-1-2-11(16(14)18)9-20-12-5-6-13-10(8-12)4-7-15(13)19/h1-3,5-6,8,15,19H,4,7,9H2/t15-/m1/s1. The first kappa shape index (κ1) is 13.1. The van der Waals surface area contributed by atoms with Gasteiger partial charge in [-0.05, 0) is 42.2 Å². The monoisotopic (exact) mass is 276 g/mol. The van der Waals surface area contributed by atoms with E-state index in [1.807, 2.05) is 12.1 Å².